The van der Waals surface area contributed by atoms with Crippen molar-refractivity contribution in [3.8, 4) is 0 Å². The standard InChI is InChI=1S/C19H17FN2O/c1-12-6-7-13(10-16(12)20)19(23)22-9-8-18-15(11-22)14-4-2-3-5-17(14)21-18/h2-7,10,21H,8-9,11H2,1H3. The van der Waals surface area contributed by atoms with Crippen LogP contribution in [-0.4, -0.2) is 22.3 Å². The summed E-state index contributed by atoms with van der Waals surface area (Å²) in [7, 11) is 0. The Morgan fingerprint density at radius 1 is 1.22 bits per heavy atom. The topological polar surface area (TPSA) is 36.1 Å². The molecule has 116 valence electrons. The number of carbonyl (C=O) groups excluding carboxylic acids is 1. The summed E-state index contributed by atoms with van der Waals surface area (Å²) in [6.45, 7) is 2.91. The summed E-state index contributed by atoms with van der Waals surface area (Å²) in [5, 5.41) is 1.16. The predicted octanol–water partition coefficient (Wildman–Crippen LogP) is 3.81. The molecule has 1 aliphatic heterocycles. The van der Waals surface area contributed by atoms with Gasteiger partial charge in [-0.1, -0.05) is 24.3 Å². The third kappa shape index (κ3) is 2.31. The van der Waals surface area contributed by atoms with Gasteiger partial charge in [-0.3, -0.25) is 4.79 Å². The van der Waals surface area contributed by atoms with Crippen LogP contribution in [0.3, 0.4) is 0 Å². The molecular weight excluding hydrogens is 291 g/mol. The molecule has 3 aromatic rings. The average molecular weight is 308 g/mol. The number of fused-ring (bicyclic) bond motifs is 3. The van der Waals surface area contributed by atoms with Crippen LogP contribution >= 0.6 is 0 Å². The van der Waals surface area contributed by atoms with Crippen LogP contribution in [0.4, 0.5) is 4.39 Å². The van der Waals surface area contributed by atoms with Gasteiger partial charge >= 0.3 is 0 Å². The number of aryl methyl sites for hydroxylation is 1. The number of para-hydroxylation sites is 1. The molecule has 1 N–H and O–H groups in total. The molecule has 1 amide bonds. The summed E-state index contributed by atoms with van der Waals surface area (Å²) in [4.78, 5) is 17.9. The van der Waals surface area contributed by atoms with Crippen molar-refractivity contribution in [2.45, 2.75) is 19.9 Å². The van der Waals surface area contributed by atoms with E-state index in [-0.39, 0.29) is 11.7 Å². The van der Waals surface area contributed by atoms with Gasteiger partial charge in [0.05, 0.1) is 0 Å². The predicted molar refractivity (Wildman–Crippen MR) is 87.9 cm³/mol. The van der Waals surface area contributed by atoms with Crippen molar-refractivity contribution in [2.24, 2.45) is 0 Å². The zero-order chi connectivity index (χ0) is 16.0. The number of amides is 1. The van der Waals surface area contributed by atoms with Crippen molar-refractivity contribution < 1.29 is 9.18 Å². The molecule has 0 radical (unpaired) electrons. The minimum Gasteiger partial charge on any atom is -0.358 e. The number of hydrogen-bond acceptors (Lipinski definition) is 1. The van der Waals surface area contributed by atoms with E-state index in [1.54, 1.807) is 24.0 Å². The Morgan fingerprint density at radius 3 is 2.87 bits per heavy atom. The lowest BCUT2D eigenvalue weighted by molar-refractivity contribution is 0.0734. The summed E-state index contributed by atoms with van der Waals surface area (Å²) in [6.07, 6.45) is 0.796. The number of H-pyrrole nitrogens is 1. The van der Waals surface area contributed by atoms with E-state index in [0.717, 1.165) is 17.3 Å². The third-order valence-electron chi connectivity index (χ3n) is 4.59. The number of halogens is 1. The fourth-order valence-electron chi connectivity index (χ4n) is 3.25. The molecule has 4 rings (SSSR count). The fourth-order valence-corrected chi connectivity index (χ4v) is 3.25. The maximum absolute atomic E-state index is 13.7. The van der Waals surface area contributed by atoms with Gasteiger partial charge in [0, 0.05) is 47.2 Å². The molecule has 23 heavy (non-hydrogen) atoms. The van der Waals surface area contributed by atoms with Crippen molar-refractivity contribution in [1.29, 1.82) is 0 Å². The van der Waals surface area contributed by atoms with Crippen LogP contribution in [0.2, 0.25) is 0 Å². The quantitative estimate of drug-likeness (QED) is 0.729. The highest BCUT2D eigenvalue weighted by Gasteiger charge is 2.25. The molecule has 0 unspecified atom stereocenters. The first-order valence-corrected chi connectivity index (χ1v) is 7.77. The van der Waals surface area contributed by atoms with Crippen molar-refractivity contribution >= 4 is 16.8 Å². The van der Waals surface area contributed by atoms with Gasteiger partial charge in [0.25, 0.3) is 5.91 Å². The first-order valence-electron chi connectivity index (χ1n) is 7.77. The lowest BCUT2D eigenvalue weighted by Gasteiger charge is -2.27. The van der Waals surface area contributed by atoms with E-state index < -0.39 is 0 Å². The SMILES string of the molecule is Cc1ccc(C(=O)N2CCc3[nH]c4ccccc4c3C2)cc1F. The van der Waals surface area contributed by atoms with E-state index >= 15 is 0 Å². The minimum atomic E-state index is -0.333. The van der Waals surface area contributed by atoms with Gasteiger partial charge in [0.15, 0.2) is 0 Å². The number of hydrogen-bond donors (Lipinski definition) is 1. The zero-order valence-corrected chi connectivity index (χ0v) is 12.9. The minimum absolute atomic E-state index is 0.111. The van der Waals surface area contributed by atoms with Gasteiger partial charge in [-0.05, 0) is 30.7 Å². The van der Waals surface area contributed by atoms with E-state index in [9.17, 15) is 9.18 Å². The second kappa shape index (κ2) is 5.23. The van der Waals surface area contributed by atoms with E-state index in [2.05, 4.69) is 17.1 Å². The molecule has 0 bridgehead atoms. The summed E-state index contributed by atoms with van der Waals surface area (Å²) in [5.74, 6) is -0.444. The van der Waals surface area contributed by atoms with Crippen molar-refractivity contribution in [2.75, 3.05) is 6.54 Å². The number of aromatic nitrogens is 1. The maximum atomic E-state index is 13.7. The summed E-state index contributed by atoms with van der Waals surface area (Å²) < 4.78 is 13.7. The lowest BCUT2D eigenvalue weighted by atomic mass is 10.0. The Labute approximate surface area is 133 Å². The van der Waals surface area contributed by atoms with Crippen molar-refractivity contribution in [3.05, 3.63) is 70.7 Å². The Balaban J connectivity index is 1.67. The summed E-state index contributed by atoms with van der Waals surface area (Å²) in [5.41, 5.74) is 4.45. The number of carbonyl (C=O) groups is 1. The Kier molecular flexibility index (Phi) is 3.18. The van der Waals surface area contributed by atoms with Gasteiger partial charge in [-0.2, -0.15) is 0 Å². The smallest absolute Gasteiger partial charge is 0.254 e. The van der Waals surface area contributed by atoms with Crippen molar-refractivity contribution in [1.82, 2.24) is 9.88 Å². The fraction of sp³-hybridized carbons (Fsp3) is 0.211. The number of benzene rings is 2. The molecular formula is C19H17FN2O. The lowest BCUT2D eigenvalue weighted by Crippen LogP contribution is -2.35. The summed E-state index contributed by atoms with van der Waals surface area (Å²) >= 11 is 0. The van der Waals surface area contributed by atoms with Crippen LogP contribution in [-0.2, 0) is 13.0 Å². The molecule has 0 saturated carbocycles. The van der Waals surface area contributed by atoms with E-state index in [1.165, 1.54) is 17.3 Å². The molecule has 0 atom stereocenters. The van der Waals surface area contributed by atoms with Gasteiger partial charge < -0.3 is 9.88 Å². The Bertz CT molecular complexity index is 913. The number of rotatable bonds is 1. The Hall–Kier alpha value is -2.62. The second-order valence-corrected chi connectivity index (χ2v) is 6.07. The molecule has 2 heterocycles. The van der Waals surface area contributed by atoms with E-state index in [4.69, 9.17) is 0 Å². The second-order valence-electron chi connectivity index (χ2n) is 6.07. The molecule has 0 aliphatic carbocycles. The molecule has 4 heteroatoms. The van der Waals surface area contributed by atoms with Gasteiger partial charge in [0.1, 0.15) is 5.82 Å². The molecule has 0 saturated heterocycles. The van der Waals surface area contributed by atoms with Crippen LogP contribution < -0.4 is 0 Å². The number of nitrogens with one attached hydrogen (secondary N) is 1. The average Bonchev–Trinajstić information content (AvgIpc) is 2.94. The normalized spacial score (nSPS) is 14.1. The molecule has 3 nitrogen and oxygen atoms in total. The highest BCUT2D eigenvalue weighted by molar-refractivity contribution is 5.95. The highest BCUT2D eigenvalue weighted by Crippen LogP contribution is 2.28. The van der Waals surface area contributed by atoms with Crippen LogP contribution in [0, 0.1) is 12.7 Å². The first-order chi connectivity index (χ1) is 11.1. The maximum Gasteiger partial charge on any atom is 0.254 e. The van der Waals surface area contributed by atoms with Crippen LogP contribution in [0.5, 0.6) is 0 Å². The molecule has 1 aliphatic rings. The van der Waals surface area contributed by atoms with Gasteiger partial charge in [-0.15, -0.1) is 0 Å². The number of aromatic amines is 1. The van der Waals surface area contributed by atoms with E-state index in [0.29, 0.717) is 24.2 Å². The molecule has 0 spiro atoms. The van der Waals surface area contributed by atoms with Crippen LogP contribution in [0.15, 0.2) is 42.5 Å². The molecule has 0 fully saturated rings. The Morgan fingerprint density at radius 2 is 2.04 bits per heavy atom. The van der Waals surface area contributed by atoms with Gasteiger partial charge in [0.2, 0.25) is 0 Å². The van der Waals surface area contributed by atoms with E-state index in [1.807, 2.05) is 12.1 Å². The zero-order valence-electron chi connectivity index (χ0n) is 12.9. The first kappa shape index (κ1) is 14.0. The largest absolute Gasteiger partial charge is 0.358 e. The third-order valence-corrected chi connectivity index (χ3v) is 4.59. The molecule has 2 aromatic carbocycles. The molecule has 1 aromatic heterocycles. The van der Waals surface area contributed by atoms with Crippen molar-refractivity contribution in [3.63, 3.8) is 0 Å². The van der Waals surface area contributed by atoms with Crippen LogP contribution in [0.1, 0.15) is 27.2 Å². The summed E-state index contributed by atoms with van der Waals surface area (Å²) in [6, 6.07) is 12.8. The number of nitrogens with zero attached hydrogens (tertiary/aromatic N) is 1. The monoisotopic (exact) mass is 308 g/mol. The highest BCUT2D eigenvalue weighted by atomic mass is 19.1. The van der Waals surface area contributed by atoms with Gasteiger partial charge in [-0.25, -0.2) is 4.39 Å². The van der Waals surface area contributed by atoms with Crippen LogP contribution in [0.25, 0.3) is 10.9 Å².